The molecule has 0 saturated heterocycles. The predicted octanol–water partition coefficient (Wildman–Crippen LogP) is 5.42. The molecule has 2 aromatic carbocycles. The monoisotopic (exact) mass is 534 g/mol. The molecule has 39 heavy (non-hydrogen) atoms. The van der Waals surface area contributed by atoms with E-state index in [0.717, 1.165) is 11.9 Å². The van der Waals surface area contributed by atoms with Crippen LogP contribution in [0.4, 0.5) is 21.7 Å². The van der Waals surface area contributed by atoms with Crippen molar-refractivity contribution in [2.75, 3.05) is 38.1 Å². The normalized spacial score (nSPS) is 11.1. The topological polar surface area (TPSA) is 112 Å². The highest BCUT2D eigenvalue weighted by atomic mass is 19.1. The lowest BCUT2D eigenvalue weighted by Gasteiger charge is -2.17. The number of amides is 1. The number of hydrogen-bond acceptors (Lipinski definition) is 8. The summed E-state index contributed by atoms with van der Waals surface area (Å²) in [6, 6.07) is 8.39. The minimum atomic E-state index is -0.425. The van der Waals surface area contributed by atoms with Crippen molar-refractivity contribution in [3.63, 3.8) is 0 Å². The molecule has 2 aromatic heterocycles. The lowest BCUT2D eigenvalue weighted by Crippen LogP contribution is -2.12. The van der Waals surface area contributed by atoms with E-state index >= 15 is 4.39 Å². The third kappa shape index (κ3) is 5.99. The van der Waals surface area contributed by atoms with E-state index in [4.69, 9.17) is 14.2 Å². The lowest BCUT2D eigenvalue weighted by atomic mass is 10.1. The quantitative estimate of drug-likeness (QED) is 0.194. The van der Waals surface area contributed by atoms with Crippen LogP contribution >= 0.6 is 0 Å². The number of carbonyl (C=O) groups is 1. The second-order valence-electron chi connectivity index (χ2n) is 8.92. The average molecular weight is 535 g/mol. The fraction of sp³-hybridized carbons (Fsp3) is 0.286. The molecule has 0 atom stereocenters. The second kappa shape index (κ2) is 11.9. The van der Waals surface area contributed by atoms with Crippen LogP contribution in [-0.4, -0.2) is 52.9 Å². The Morgan fingerprint density at radius 2 is 1.92 bits per heavy atom. The molecule has 0 saturated carbocycles. The molecule has 2 N–H and O–H groups in total. The summed E-state index contributed by atoms with van der Waals surface area (Å²) < 4.78 is 33.4. The van der Waals surface area contributed by atoms with E-state index in [0.29, 0.717) is 51.8 Å². The first-order chi connectivity index (χ1) is 18.7. The van der Waals surface area contributed by atoms with E-state index < -0.39 is 11.7 Å². The van der Waals surface area contributed by atoms with Crippen LogP contribution in [0.15, 0.2) is 49.2 Å². The molecule has 10 nitrogen and oxygen atoms in total. The largest absolute Gasteiger partial charge is 0.494 e. The van der Waals surface area contributed by atoms with Gasteiger partial charge in [-0.1, -0.05) is 6.58 Å². The Hall–Kier alpha value is -4.51. The number of ether oxygens (including phenoxy) is 3. The van der Waals surface area contributed by atoms with Gasteiger partial charge in [0.05, 0.1) is 36.3 Å². The van der Waals surface area contributed by atoms with Gasteiger partial charge in [-0.25, -0.2) is 19.3 Å². The van der Waals surface area contributed by atoms with Gasteiger partial charge < -0.3 is 29.4 Å². The Morgan fingerprint density at radius 1 is 1.13 bits per heavy atom. The van der Waals surface area contributed by atoms with Gasteiger partial charge in [0.15, 0.2) is 5.82 Å². The van der Waals surface area contributed by atoms with Crippen molar-refractivity contribution in [3.05, 3.63) is 60.8 Å². The SMILES string of the molecule is C=CC(=O)Nc1cc(Nc2nccc(-c3cc(F)c4nc(C)n(C(C)C)c4c3)n2)c(OC)cc1OCCOC. The van der Waals surface area contributed by atoms with Gasteiger partial charge in [0.25, 0.3) is 0 Å². The maximum Gasteiger partial charge on any atom is 0.247 e. The summed E-state index contributed by atoms with van der Waals surface area (Å²) in [6.45, 7) is 10.0. The van der Waals surface area contributed by atoms with Crippen LogP contribution < -0.4 is 20.1 Å². The van der Waals surface area contributed by atoms with Gasteiger partial charge in [-0.15, -0.1) is 0 Å². The molecule has 0 aliphatic carbocycles. The van der Waals surface area contributed by atoms with Gasteiger partial charge in [-0.3, -0.25) is 4.79 Å². The summed E-state index contributed by atoms with van der Waals surface area (Å²) in [5, 5.41) is 5.86. The Morgan fingerprint density at radius 3 is 2.62 bits per heavy atom. The molecule has 11 heteroatoms. The predicted molar refractivity (Wildman–Crippen MR) is 148 cm³/mol. The number of nitrogens with one attached hydrogen (secondary N) is 2. The highest BCUT2D eigenvalue weighted by Crippen LogP contribution is 2.38. The first-order valence-corrected chi connectivity index (χ1v) is 12.3. The molecular weight excluding hydrogens is 503 g/mol. The molecule has 1 amide bonds. The summed E-state index contributed by atoms with van der Waals surface area (Å²) in [5.74, 6) is 0.966. The summed E-state index contributed by atoms with van der Waals surface area (Å²) in [7, 11) is 3.08. The molecule has 0 spiro atoms. The van der Waals surface area contributed by atoms with E-state index in [-0.39, 0.29) is 18.6 Å². The smallest absolute Gasteiger partial charge is 0.247 e. The lowest BCUT2D eigenvalue weighted by molar-refractivity contribution is -0.111. The van der Waals surface area contributed by atoms with Crippen molar-refractivity contribution in [3.8, 4) is 22.8 Å². The highest BCUT2D eigenvalue weighted by Gasteiger charge is 2.18. The number of imidazole rings is 1. The number of fused-ring (bicyclic) bond motifs is 1. The fourth-order valence-electron chi connectivity index (χ4n) is 4.23. The van der Waals surface area contributed by atoms with Crippen LogP contribution in [0, 0.1) is 12.7 Å². The van der Waals surface area contributed by atoms with Crippen LogP contribution in [-0.2, 0) is 9.53 Å². The van der Waals surface area contributed by atoms with E-state index in [9.17, 15) is 4.79 Å². The zero-order valence-electron chi connectivity index (χ0n) is 22.5. The Balaban J connectivity index is 1.71. The molecule has 0 bridgehead atoms. The molecule has 0 aliphatic heterocycles. The zero-order valence-corrected chi connectivity index (χ0v) is 22.5. The molecule has 2 heterocycles. The third-order valence-corrected chi connectivity index (χ3v) is 5.93. The fourth-order valence-corrected chi connectivity index (χ4v) is 4.23. The van der Waals surface area contributed by atoms with Crippen LogP contribution in [0.2, 0.25) is 0 Å². The Kier molecular flexibility index (Phi) is 8.40. The molecule has 0 unspecified atom stereocenters. The summed E-state index contributed by atoms with van der Waals surface area (Å²) in [6.07, 6.45) is 2.73. The van der Waals surface area contributed by atoms with E-state index in [1.165, 1.54) is 13.2 Å². The number of benzene rings is 2. The summed E-state index contributed by atoms with van der Waals surface area (Å²) in [5.41, 5.74) is 2.98. The third-order valence-electron chi connectivity index (χ3n) is 5.93. The number of anilines is 3. The first-order valence-electron chi connectivity index (χ1n) is 12.3. The standard InChI is InChI=1S/C28H31FN6O4/c1-7-26(36)32-22-14-21(24(38-6)15-25(22)39-11-10-37-5)34-28-30-9-8-20(33-28)18-12-19(29)27-23(13-18)35(16(2)3)17(4)31-27/h7-9,12-16H,1,10-11H2,2-6H3,(H,32,36)(H,30,33,34). The number of carbonyl (C=O) groups excluding carboxylic acids is 1. The second-order valence-corrected chi connectivity index (χ2v) is 8.92. The van der Waals surface area contributed by atoms with Crippen LogP contribution in [0.5, 0.6) is 11.5 Å². The van der Waals surface area contributed by atoms with Crippen molar-refractivity contribution < 1.29 is 23.4 Å². The van der Waals surface area contributed by atoms with E-state index in [1.807, 2.05) is 31.4 Å². The number of aromatic nitrogens is 4. The van der Waals surface area contributed by atoms with Crippen molar-refractivity contribution >= 4 is 34.3 Å². The zero-order chi connectivity index (χ0) is 28.1. The molecular formula is C28H31FN6O4. The number of hydrogen-bond donors (Lipinski definition) is 2. The maximum atomic E-state index is 15.0. The van der Waals surface area contributed by atoms with Crippen molar-refractivity contribution in [2.24, 2.45) is 0 Å². The average Bonchev–Trinajstić information content (AvgIpc) is 3.26. The number of aryl methyl sites for hydroxylation is 1. The number of nitrogens with zero attached hydrogens (tertiary/aromatic N) is 4. The molecule has 0 radical (unpaired) electrons. The minimum Gasteiger partial charge on any atom is -0.494 e. The van der Waals surface area contributed by atoms with Gasteiger partial charge in [0.2, 0.25) is 11.9 Å². The molecule has 204 valence electrons. The van der Waals surface area contributed by atoms with Gasteiger partial charge in [-0.2, -0.15) is 0 Å². The number of methoxy groups -OCH3 is 2. The number of rotatable bonds is 11. The van der Waals surface area contributed by atoms with E-state index in [1.54, 1.807) is 31.5 Å². The first kappa shape index (κ1) is 27.5. The van der Waals surface area contributed by atoms with Gasteiger partial charge in [-0.05, 0) is 51.1 Å². The summed E-state index contributed by atoms with van der Waals surface area (Å²) >= 11 is 0. The maximum absolute atomic E-state index is 15.0. The van der Waals surface area contributed by atoms with Gasteiger partial charge >= 0.3 is 0 Å². The van der Waals surface area contributed by atoms with E-state index in [2.05, 4.69) is 32.2 Å². The Labute approximate surface area is 225 Å². The Bertz CT molecular complexity index is 1520. The van der Waals surface area contributed by atoms with Crippen LogP contribution in [0.3, 0.4) is 0 Å². The van der Waals surface area contributed by atoms with Crippen molar-refractivity contribution in [1.29, 1.82) is 0 Å². The minimum absolute atomic E-state index is 0.108. The summed E-state index contributed by atoms with van der Waals surface area (Å²) in [4.78, 5) is 25.4. The molecule has 4 rings (SSSR count). The van der Waals surface area contributed by atoms with Crippen LogP contribution in [0.25, 0.3) is 22.3 Å². The van der Waals surface area contributed by atoms with Gasteiger partial charge in [0.1, 0.15) is 29.4 Å². The number of halogens is 1. The highest BCUT2D eigenvalue weighted by molar-refractivity contribution is 6.00. The van der Waals surface area contributed by atoms with Crippen molar-refractivity contribution in [2.45, 2.75) is 26.8 Å². The molecule has 0 fully saturated rings. The van der Waals surface area contributed by atoms with Crippen LogP contribution in [0.1, 0.15) is 25.7 Å². The van der Waals surface area contributed by atoms with Gasteiger partial charge in [0, 0.05) is 31.0 Å². The molecule has 0 aliphatic rings. The molecule has 4 aromatic rings. The van der Waals surface area contributed by atoms with Crippen molar-refractivity contribution in [1.82, 2.24) is 19.5 Å².